The van der Waals surface area contributed by atoms with Gasteiger partial charge in [-0.05, 0) is 42.8 Å². The van der Waals surface area contributed by atoms with Crippen molar-refractivity contribution in [2.45, 2.75) is 13.1 Å². The van der Waals surface area contributed by atoms with Crippen molar-refractivity contribution in [3.8, 4) is 0 Å². The first-order valence-electron chi connectivity index (χ1n) is 6.69. The topological polar surface area (TPSA) is 42.0 Å². The Bertz CT molecular complexity index is 886. The van der Waals surface area contributed by atoms with Crippen LogP contribution < -0.4 is 5.32 Å². The number of carbonyl (C=O) groups excluding carboxylic acids is 1. The van der Waals surface area contributed by atoms with Gasteiger partial charge in [0.25, 0.3) is 5.91 Å². The Labute approximate surface area is 133 Å². The SMILES string of the molecule is Cc1cccc(NC(=O)c2nc3cc(C(F)(F)F)ccc3s2)c1. The van der Waals surface area contributed by atoms with Gasteiger partial charge in [0.2, 0.25) is 0 Å². The third-order valence-electron chi connectivity index (χ3n) is 3.19. The van der Waals surface area contributed by atoms with Crippen molar-refractivity contribution in [2.24, 2.45) is 0 Å². The molecule has 0 unspecified atom stereocenters. The number of amides is 1. The number of fused-ring (bicyclic) bond motifs is 1. The van der Waals surface area contributed by atoms with E-state index in [4.69, 9.17) is 0 Å². The number of rotatable bonds is 2. The van der Waals surface area contributed by atoms with Gasteiger partial charge in [0.05, 0.1) is 15.8 Å². The van der Waals surface area contributed by atoms with Crippen LogP contribution in [0.25, 0.3) is 10.2 Å². The van der Waals surface area contributed by atoms with E-state index in [9.17, 15) is 18.0 Å². The van der Waals surface area contributed by atoms with Gasteiger partial charge >= 0.3 is 6.18 Å². The summed E-state index contributed by atoms with van der Waals surface area (Å²) >= 11 is 1.06. The summed E-state index contributed by atoms with van der Waals surface area (Å²) in [4.78, 5) is 16.2. The lowest BCUT2D eigenvalue weighted by molar-refractivity contribution is -0.137. The van der Waals surface area contributed by atoms with Crippen molar-refractivity contribution in [3.63, 3.8) is 0 Å². The number of aryl methyl sites for hydroxylation is 1. The lowest BCUT2D eigenvalue weighted by atomic mass is 10.2. The van der Waals surface area contributed by atoms with Gasteiger partial charge in [0, 0.05) is 5.69 Å². The molecular weight excluding hydrogens is 325 g/mol. The van der Waals surface area contributed by atoms with Crippen molar-refractivity contribution in [1.82, 2.24) is 4.98 Å². The quantitative estimate of drug-likeness (QED) is 0.725. The van der Waals surface area contributed by atoms with E-state index in [1.165, 1.54) is 6.07 Å². The summed E-state index contributed by atoms with van der Waals surface area (Å²) in [6, 6.07) is 10.5. The van der Waals surface area contributed by atoms with Gasteiger partial charge in [-0.3, -0.25) is 4.79 Å². The van der Waals surface area contributed by atoms with Gasteiger partial charge in [0.1, 0.15) is 0 Å². The van der Waals surface area contributed by atoms with Crippen molar-refractivity contribution < 1.29 is 18.0 Å². The summed E-state index contributed by atoms with van der Waals surface area (Å²) in [5, 5.41) is 2.82. The number of halogens is 3. The van der Waals surface area contributed by atoms with Crippen molar-refractivity contribution in [3.05, 3.63) is 58.6 Å². The standard InChI is InChI=1S/C16H11F3N2OS/c1-9-3-2-4-11(7-9)20-14(22)15-21-12-8-10(16(17,18)19)5-6-13(12)23-15/h2-8H,1H3,(H,20,22). The van der Waals surface area contributed by atoms with Gasteiger partial charge in [-0.15, -0.1) is 11.3 Å². The summed E-state index contributed by atoms with van der Waals surface area (Å²) < 4.78 is 38.6. The lowest BCUT2D eigenvalue weighted by Gasteiger charge is -2.04. The predicted molar refractivity (Wildman–Crippen MR) is 83.8 cm³/mol. The van der Waals surface area contributed by atoms with Crippen molar-refractivity contribution in [1.29, 1.82) is 0 Å². The smallest absolute Gasteiger partial charge is 0.320 e. The number of nitrogens with zero attached hydrogens (tertiary/aromatic N) is 1. The third-order valence-corrected chi connectivity index (χ3v) is 4.22. The van der Waals surface area contributed by atoms with Crippen LogP contribution in [0.3, 0.4) is 0 Å². The lowest BCUT2D eigenvalue weighted by Crippen LogP contribution is -2.11. The van der Waals surface area contributed by atoms with Gasteiger partial charge in [-0.1, -0.05) is 12.1 Å². The largest absolute Gasteiger partial charge is 0.416 e. The summed E-state index contributed by atoms with van der Waals surface area (Å²) in [5.41, 5.74) is 0.993. The molecule has 1 aromatic heterocycles. The number of aromatic nitrogens is 1. The molecule has 23 heavy (non-hydrogen) atoms. The van der Waals surface area contributed by atoms with E-state index in [0.717, 1.165) is 29.0 Å². The maximum absolute atomic E-state index is 12.7. The molecule has 3 nitrogen and oxygen atoms in total. The molecule has 1 amide bonds. The zero-order valence-electron chi connectivity index (χ0n) is 11.9. The molecule has 118 valence electrons. The number of alkyl halides is 3. The minimum Gasteiger partial charge on any atom is -0.320 e. The first-order valence-corrected chi connectivity index (χ1v) is 7.50. The number of benzene rings is 2. The van der Waals surface area contributed by atoms with Crippen LogP contribution in [0.15, 0.2) is 42.5 Å². The normalized spacial score (nSPS) is 11.7. The minimum atomic E-state index is -4.43. The molecule has 0 fully saturated rings. The molecule has 0 aliphatic carbocycles. The van der Waals surface area contributed by atoms with Crippen LogP contribution in [0.2, 0.25) is 0 Å². The Kier molecular flexibility index (Phi) is 3.81. The Hall–Kier alpha value is -2.41. The molecule has 0 atom stereocenters. The van der Waals surface area contributed by atoms with Crippen LogP contribution in [0, 0.1) is 6.92 Å². The summed E-state index contributed by atoms with van der Waals surface area (Å²) in [7, 11) is 0. The van der Waals surface area contributed by atoms with Crippen LogP contribution in [-0.2, 0) is 6.18 Å². The van der Waals surface area contributed by atoms with E-state index >= 15 is 0 Å². The fourth-order valence-corrected chi connectivity index (χ4v) is 2.95. The molecule has 1 N–H and O–H groups in total. The third kappa shape index (κ3) is 3.34. The Morgan fingerprint density at radius 1 is 1.17 bits per heavy atom. The fourth-order valence-electron chi connectivity index (χ4n) is 2.11. The molecule has 0 bridgehead atoms. The van der Waals surface area contributed by atoms with Crippen LogP contribution in [0.4, 0.5) is 18.9 Å². The molecule has 7 heteroatoms. The molecule has 0 aliphatic heterocycles. The monoisotopic (exact) mass is 336 g/mol. The maximum atomic E-state index is 12.7. The Morgan fingerprint density at radius 2 is 1.96 bits per heavy atom. The molecule has 0 spiro atoms. The highest BCUT2D eigenvalue weighted by atomic mass is 32.1. The van der Waals surface area contributed by atoms with E-state index in [2.05, 4.69) is 10.3 Å². The number of anilines is 1. The number of carbonyl (C=O) groups is 1. The second-order valence-electron chi connectivity index (χ2n) is 5.02. The average molecular weight is 336 g/mol. The molecule has 3 aromatic rings. The highest BCUT2D eigenvalue weighted by molar-refractivity contribution is 7.20. The van der Waals surface area contributed by atoms with Crippen LogP contribution in [-0.4, -0.2) is 10.9 Å². The summed E-state index contributed by atoms with van der Waals surface area (Å²) in [5.74, 6) is -0.439. The molecule has 1 heterocycles. The second-order valence-corrected chi connectivity index (χ2v) is 6.05. The van der Waals surface area contributed by atoms with Gasteiger partial charge < -0.3 is 5.32 Å². The molecule has 0 saturated heterocycles. The summed E-state index contributed by atoms with van der Waals surface area (Å²) in [6.45, 7) is 1.89. The first kappa shape index (κ1) is 15.5. The molecule has 3 rings (SSSR count). The zero-order chi connectivity index (χ0) is 16.6. The minimum absolute atomic E-state index is 0.126. The predicted octanol–water partition coefficient (Wildman–Crippen LogP) is 4.88. The molecule has 0 saturated carbocycles. The van der Waals surface area contributed by atoms with E-state index in [1.54, 1.807) is 18.2 Å². The molecule has 2 aromatic carbocycles. The maximum Gasteiger partial charge on any atom is 0.416 e. The number of nitrogens with one attached hydrogen (secondary N) is 1. The second kappa shape index (κ2) is 5.66. The molecule has 0 radical (unpaired) electrons. The average Bonchev–Trinajstić information content (AvgIpc) is 2.89. The van der Waals surface area contributed by atoms with Crippen molar-refractivity contribution >= 4 is 33.1 Å². The van der Waals surface area contributed by atoms with Crippen LogP contribution >= 0.6 is 11.3 Å². The van der Waals surface area contributed by atoms with E-state index in [0.29, 0.717) is 10.4 Å². The van der Waals surface area contributed by atoms with Crippen molar-refractivity contribution in [2.75, 3.05) is 5.32 Å². The summed E-state index contributed by atoms with van der Waals surface area (Å²) in [6.07, 6.45) is -4.43. The van der Waals surface area contributed by atoms with Crippen LogP contribution in [0.1, 0.15) is 20.9 Å². The Morgan fingerprint density at radius 3 is 2.65 bits per heavy atom. The molecule has 0 aliphatic rings. The fraction of sp³-hybridized carbons (Fsp3) is 0.125. The Balaban J connectivity index is 1.89. The number of hydrogen-bond donors (Lipinski definition) is 1. The van der Waals surface area contributed by atoms with Crippen LogP contribution in [0.5, 0.6) is 0 Å². The first-order chi connectivity index (χ1) is 10.8. The van der Waals surface area contributed by atoms with Gasteiger partial charge in [-0.2, -0.15) is 13.2 Å². The highest BCUT2D eigenvalue weighted by Gasteiger charge is 2.31. The zero-order valence-corrected chi connectivity index (χ0v) is 12.8. The number of thiazole rings is 1. The highest BCUT2D eigenvalue weighted by Crippen LogP contribution is 2.33. The van der Waals surface area contributed by atoms with E-state index in [1.807, 2.05) is 13.0 Å². The van der Waals surface area contributed by atoms with Gasteiger partial charge in [-0.25, -0.2) is 4.98 Å². The van der Waals surface area contributed by atoms with Gasteiger partial charge in [0.15, 0.2) is 5.01 Å². The van der Waals surface area contributed by atoms with E-state index < -0.39 is 17.6 Å². The van der Waals surface area contributed by atoms with E-state index in [-0.39, 0.29) is 10.5 Å². The molecular formula is C16H11F3N2OS. The number of hydrogen-bond acceptors (Lipinski definition) is 3.